The van der Waals surface area contributed by atoms with E-state index >= 15 is 0 Å². The standard InChI is InChI=1S/C12H19Cl2NO3S/c1-2-3-5-15(9-4-6-19(17,18)8-9)11(16)10-7-12(10,13)14/h9-10H,2-8H2,1H3. The third-order valence-electron chi connectivity index (χ3n) is 3.81. The van der Waals surface area contributed by atoms with Crippen LogP contribution in [-0.4, -0.2) is 47.7 Å². The largest absolute Gasteiger partial charge is 0.338 e. The van der Waals surface area contributed by atoms with Gasteiger partial charge < -0.3 is 4.90 Å². The fourth-order valence-electron chi connectivity index (χ4n) is 2.50. The van der Waals surface area contributed by atoms with Crippen LogP contribution in [0.5, 0.6) is 0 Å². The molecule has 1 saturated carbocycles. The summed E-state index contributed by atoms with van der Waals surface area (Å²) in [5.74, 6) is -0.200. The fraction of sp³-hybridized carbons (Fsp3) is 0.917. The Morgan fingerprint density at radius 1 is 1.42 bits per heavy atom. The molecule has 0 bridgehead atoms. The minimum absolute atomic E-state index is 0.0761. The highest BCUT2D eigenvalue weighted by Gasteiger charge is 2.58. The topological polar surface area (TPSA) is 54.5 Å². The molecule has 0 aromatic carbocycles. The molecule has 1 aliphatic heterocycles. The van der Waals surface area contributed by atoms with Crippen LogP contribution in [0.3, 0.4) is 0 Å². The maximum atomic E-state index is 12.4. The number of amides is 1. The maximum Gasteiger partial charge on any atom is 0.229 e. The van der Waals surface area contributed by atoms with Gasteiger partial charge in [-0.25, -0.2) is 8.42 Å². The Hall–Kier alpha value is -0.000000000000000111. The highest BCUT2D eigenvalue weighted by Crippen LogP contribution is 2.54. The maximum absolute atomic E-state index is 12.4. The third-order valence-corrected chi connectivity index (χ3v) is 6.39. The van der Waals surface area contributed by atoms with Crippen molar-refractivity contribution < 1.29 is 13.2 Å². The predicted molar refractivity (Wildman–Crippen MR) is 76.2 cm³/mol. The quantitative estimate of drug-likeness (QED) is 0.726. The molecule has 0 aromatic heterocycles. The van der Waals surface area contributed by atoms with Gasteiger partial charge >= 0.3 is 0 Å². The van der Waals surface area contributed by atoms with Crippen molar-refractivity contribution in [1.29, 1.82) is 0 Å². The number of nitrogens with zero attached hydrogens (tertiary/aromatic N) is 1. The molecule has 7 heteroatoms. The van der Waals surface area contributed by atoms with Crippen LogP contribution in [0.15, 0.2) is 0 Å². The molecule has 1 saturated heterocycles. The Morgan fingerprint density at radius 2 is 2.05 bits per heavy atom. The van der Waals surface area contributed by atoms with Crippen LogP contribution in [0.1, 0.15) is 32.6 Å². The van der Waals surface area contributed by atoms with Gasteiger partial charge in [-0.1, -0.05) is 13.3 Å². The summed E-state index contributed by atoms with van der Waals surface area (Å²) in [5.41, 5.74) is 0. The number of hydrogen-bond acceptors (Lipinski definition) is 3. The molecule has 4 nitrogen and oxygen atoms in total. The van der Waals surface area contributed by atoms with E-state index in [2.05, 4.69) is 0 Å². The van der Waals surface area contributed by atoms with Gasteiger partial charge in [0.15, 0.2) is 9.84 Å². The van der Waals surface area contributed by atoms with Crippen molar-refractivity contribution in [2.45, 2.75) is 43.0 Å². The van der Waals surface area contributed by atoms with Gasteiger partial charge in [-0.05, 0) is 19.3 Å². The smallest absolute Gasteiger partial charge is 0.229 e. The van der Waals surface area contributed by atoms with Gasteiger partial charge in [0.05, 0.1) is 17.4 Å². The molecule has 1 amide bonds. The van der Waals surface area contributed by atoms with Crippen LogP contribution >= 0.6 is 23.2 Å². The van der Waals surface area contributed by atoms with Gasteiger partial charge in [-0.15, -0.1) is 23.2 Å². The third kappa shape index (κ3) is 3.56. The van der Waals surface area contributed by atoms with E-state index in [1.54, 1.807) is 4.90 Å². The molecule has 2 unspecified atom stereocenters. The number of halogens is 2. The summed E-state index contributed by atoms with van der Waals surface area (Å²) in [6.45, 7) is 2.63. The number of hydrogen-bond donors (Lipinski definition) is 0. The lowest BCUT2D eigenvalue weighted by atomic mass is 10.1. The van der Waals surface area contributed by atoms with Crippen molar-refractivity contribution in [2.75, 3.05) is 18.1 Å². The zero-order valence-electron chi connectivity index (χ0n) is 10.9. The Balaban J connectivity index is 2.06. The number of carbonyl (C=O) groups is 1. The first kappa shape index (κ1) is 15.4. The molecular formula is C12H19Cl2NO3S. The molecular weight excluding hydrogens is 309 g/mol. The second-order valence-corrected chi connectivity index (χ2v) is 9.23. The zero-order chi connectivity index (χ0) is 14.3. The normalized spacial score (nSPS) is 31.1. The molecule has 110 valence electrons. The van der Waals surface area contributed by atoms with Gasteiger partial charge in [0.1, 0.15) is 4.33 Å². The molecule has 2 aliphatic rings. The summed E-state index contributed by atoms with van der Waals surface area (Å²) in [7, 11) is -2.99. The predicted octanol–water partition coefficient (Wildman–Crippen LogP) is 2.00. The van der Waals surface area contributed by atoms with E-state index in [4.69, 9.17) is 23.2 Å². The van der Waals surface area contributed by atoms with Gasteiger partial charge in [0.2, 0.25) is 5.91 Å². The molecule has 0 aromatic rings. The lowest BCUT2D eigenvalue weighted by molar-refractivity contribution is -0.134. The minimum Gasteiger partial charge on any atom is -0.338 e. The summed E-state index contributed by atoms with van der Waals surface area (Å²) >= 11 is 11.9. The molecule has 0 N–H and O–H groups in total. The Bertz CT molecular complexity index is 464. The Labute approximate surface area is 124 Å². The van der Waals surface area contributed by atoms with Gasteiger partial charge in [0.25, 0.3) is 0 Å². The molecule has 2 atom stereocenters. The van der Waals surface area contributed by atoms with Crippen LogP contribution in [0.2, 0.25) is 0 Å². The van der Waals surface area contributed by atoms with E-state index in [-0.39, 0.29) is 29.4 Å². The number of rotatable bonds is 5. The molecule has 2 fully saturated rings. The van der Waals surface area contributed by atoms with Crippen LogP contribution in [-0.2, 0) is 14.6 Å². The van der Waals surface area contributed by atoms with Crippen molar-refractivity contribution in [3.8, 4) is 0 Å². The van der Waals surface area contributed by atoms with Crippen LogP contribution in [0.25, 0.3) is 0 Å². The molecule has 19 heavy (non-hydrogen) atoms. The highest BCUT2D eigenvalue weighted by atomic mass is 35.5. The van der Waals surface area contributed by atoms with E-state index in [1.165, 1.54) is 0 Å². The first-order valence-electron chi connectivity index (χ1n) is 6.65. The van der Waals surface area contributed by atoms with Gasteiger partial charge in [-0.2, -0.15) is 0 Å². The average molecular weight is 328 g/mol. The average Bonchev–Trinajstić information content (AvgIpc) is 2.79. The second kappa shape index (κ2) is 5.41. The summed E-state index contributed by atoms with van der Waals surface area (Å²) in [4.78, 5) is 14.1. The Kier molecular flexibility index (Phi) is 4.38. The summed E-state index contributed by atoms with van der Waals surface area (Å²) in [6.07, 6.45) is 2.83. The molecule has 1 heterocycles. The van der Waals surface area contributed by atoms with Crippen LogP contribution < -0.4 is 0 Å². The van der Waals surface area contributed by atoms with Crippen molar-refractivity contribution in [3.05, 3.63) is 0 Å². The van der Waals surface area contributed by atoms with Crippen molar-refractivity contribution in [3.63, 3.8) is 0 Å². The molecule has 0 spiro atoms. The highest BCUT2D eigenvalue weighted by molar-refractivity contribution is 7.91. The van der Waals surface area contributed by atoms with Gasteiger partial charge in [-0.3, -0.25) is 4.79 Å². The monoisotopic (exact) mass is 327 g/mol. The molecule has 0 radical (unpaired) electrons. The molecule has 1 aliphatic carbocycles. The lowest BCUT2D eigenvalue weighted by Crippen LogP contribution is -2.43. The van der Waals surface area contributed by atoms with Crippen molar-refractivity contribution >= 4 is 38.9 Å². The van der Waals surface area contributed by atoms with Crippen molar-refractivity contribution in [2.24, 2.45) is 5.92 Å². The summed E-state index contributed by atoms with van der Waals surface area (Å²) in [5, 5.41) is 0. The van der Waals surface area contributed by atoms with E-state index < -0.39 is 14.2 Å². The summed E-state index contributed by atoms with van der Waals surface area (Å²) < 4.78 is 22.2. The number of carbonyl (C=O) groups excluding carboxylic acids is 1. The van der Waals surface area contributed by atoms with Crippen LogP contribution in [0, 0.1) is 5.92 Å². The SMILES string of the molecule is CCCCN(C(=O)C1CC1(Cl)Cl)C1CCS(=O)(=O)C1. The van der Waals surface area contributed by atoms with E-state index in [0.717, 1.165) is 12.8 Å². The second-order valence-electron chi connectivity index (χ2n) is 5.46. The van der Waals surface area contributed by atoms with E-state index in [1.807, 2.05) is 6.92 Å². The first-order valence-corrected chi connectivity index (χ1v) is 9.23. The lowest BCUT2D eigenvalue weighted by Gasteiger charge is -2.28. The molecule has 2 rings (SSSR count). The number of alkyl halides is 2. The first-order chi connectivity index (χ1) is 8.77. The van der Waals surface area contributed by atoms with E-state index in [0.29, 0.717) is 19.4 Å². The Morgan fingerprint density at radius 3 is 2.47 bits per heavy atom. The van der Waals surface area contributed by atoms with Gasteiger partial charge in [0, 0.05) is 12.6 Å². The zero-order valence-corrected chi connectivity index (χ0v) is 13.3. The fourth-order valence-corrected chi connectivity index (χ4v) is 4.73. The number of unbranched alkanes of at least 4 members (excludes halogenated alkanes) is 1. The van der Waals surface area contributed by atoms with E-state index in [9.17, 15) is 13.2 Å². The van der Waals surface area contributed by atoms with Crippen LogP contribution in [0.4, 0.5) is 0 Å². The van der Waals surface area contributed by atoms with Crippen molar-refractivity contribution in [1.82, 2.24) is 4.90 Å². The minimum atomic E-state index is -2.99. The number of sulfone groups is 1. The summed E-state index contributed by atoms with van der Waals surface area (Å²) in [6, 6.07) is -0.200.